The Hall–Kier alpha value is -2.34. The van der Waals surface area contributed by atoms with Crippen LogP contribution in [-0.4, -0.2) is 45.8 Å². The molecule has 0 saturated carbocycles. The third-order valence-corrected chi connectivity index (χ3v) is 5.13. The summed E-state index contributed by atoms with van der Waals surface area (Å²) < 4.78 is 1.44. The molecule has 24 heavy (non-hydrogen) atoms. The molecule has 0 spiro atoms. The number of H-pyrrole nitrogens is 1. The first kappa shape index (κ1) is 15.2. The number of benzene rings is 1. The molecule has 2 saturated heterocycles. The third kappa shape index (κ3) is 2.57. The van der Waals surface area contributed by atoms with Gasteiger partial charge in [0, 0.05) is 24.7 Å². The lowest BCUT2D eigenvalue weighted by Gasteiger charge is -2.27. The fourth-order valence-electron chi connectivity index (χ4n) is 3.84. The summed E-state index contributed by atoms with van der Waals surface area (Å²) in [5.41, 5.74) is 2.04. The first-order valence-electron chi connectivity index (χ1n) is 8.56. The van der Waals surface area contributed by atoms with Gasteiger partial charge in [-0.2, -0.15) is 0 Å². The van der Waals surface area contributed by atoms with E-state index in [1.54, 1.807) is 0 Å². The Morgan fingerprint density at radius 2 is 1.88 bits per heavy atom. The molecule has 2 aromatic rings. The monoisotopic (exact) mass is 326 g/mol. The Morgan fingerprint density at radius 1 is 1.12 bits per heavy atom. The van der Waals surface area contributed by atoms with Crippen molar-refractivity contribution in [2.24, 2.45) is 0 Å². The van der Waals surface area contributed by atoms with Gasteiger partial charge >= 0.3 is 0 Å². The van der Waals surface area contributed by atoms with Crippen LogP contribution in [0.3, 0.4) is 0 Å². The fourth-order valence-corrected chi connectivity index (χ4v) is 3.84. The number of nitrogens with one attached hydrogen (secondary N) is 2. The van der Waals surface area contributed by atoms with E-state index in [4.69, 9.17) is 0 Å². The van der Waals surface area contributed by atoms with Crippen LogP contribution in [0.2, 0.25) is 0 Å². The summed E-state index contributed by atoms with van der Waals surface area (Å²) in [6.07, 6.45) is 3.07. The average molecular weight is 326 g/mol. The molecule has 2 aliphatic heterocycles. The highest BCUT2D eigenvalue weighted by molar-refractivity contribution is 5.93. The number of carbonyl (C=O) groups is 1. The van der Waals surface area contributed by atoms with Gasteiger partial charge in [-0.25, -0.2) is 4.68 Å². The summed E-state index contributed by atoms with van der Waals surface area (Å²) in [7, 11) is 0. The van der Waals surface area contributed by atoms with E-state index >= 15 is 0 Å². The summed E-state index contributed by atoms with van der Waals surface area (Å²) in [5.74, 6) is -0.0610. The molecule has 2 fully saturated rings. The minimum absolute atomic E-state index is 0.0610. The summed E-state index contributed by atoms with van der Waals surface area (Å²) in [6, 6.07) is 9.58. The highest BCUT2D eigenvalue weighted by Gasteiger charge is 2.39. The van der Waals surface area contributed by atoms with E-state index in [9.17, 15) is 9.59 Å². The molecule has 2 bridgehead atoms. The van der Waals surface area contributed by atoms with Crippen LogP contribution >= 0.6 is 0 Å². The molecule has 0 radical (unpaired) electrons. The molecule has 2 aliphatic rings. The standard InChI is InChI=1S/C18H22N4O2/c1-12-2-4-14(5-3-12)22-17(23)10-16(20-22)18(24)21-13-6-7-15(21)11-19-9-8-13/h2-5,10,13,15,19-20H,6-9,11H2,1H3. The maximum Gasteiger partial charge on any atom is 0.272 e. The van der Waals surface area contributed by atoms with Crippen molar-refractivity contribution in [1.82, 2.24) is 20.0 Å². The van der Waals surface area contributed by atoms with Crippen LogP contribution in [0.25, 0.3) is 5.69 Å². The minimum atomic E-state index is -0.206. The second kappa shape index (κ2) is 5.94. The van der Waals surface area contributed by atoms with Crippen molar-refractivity contribution in [3.8, 4) is 5.69 Å². The molecule has 1 amide bonds. The van der Waals surface area contributed by atoms with Crippen LogP contribution in [0.5, 0.6) is 0 Å². The van der Waals surface area contributed by atoms with E-state index in [2.05, 4.69) is 10.4 Å². The highest BCUT2D eigenvalue weighted by Crippen LogP contribution is 2.29. The smallest absolute Gasteiger partial charge is 0.272 e. The molecule has 2 unspecified atom stereocenters. The molecular weight excluding hydrogens is 304 g/mol. The number of rotatable bonds is 2. The largest absolute Gasteiger partial charge is 0.330 e. The van der Waals surface area contributed by atoms with E-state index in [0.29, 0.717) is 5.69 Å². The van der Waals surface area contributed by atoms with Gasteiger partial charge in [-0.1, -0.05) is 17.7 Å². The lowest BCUT2D eigenvalue weighted by Crippen LogP contribution is -2.42. The van der Waals surface area contributed by atoms with Crippen LogP contribution in [-0.2, 0) is 0 Å². The maximum absolute atomic E-state index is 13.0. The van der Waals surface area contributed by atoms with Crippen molar-refractivity contribution in [2.45, 2.75) is 38.3 Å². The molecule has 126 valence electrons. The van der Waals surface area contributed by atoms with E-state index in [0.717, 1.165) is 43.6 Å². The summed E-state index contributed by atoms with van der Waals surface area (Å²) in [5, 5.41) is 6.39. The van der Waals surface area contributed by atoms with Crippen molar-refractivity contribution < 1.29 is 4.79 Å². The topological polar surface area (TPSA) is 70.1 Å². The number of aromatic nitrogens is 2. The van der Waals surface area contributed by atoms with Crippen LogP contribution < -0.4 is 10.9 Å². The van der Waals surface area contributed by atoms with Crippen LogP contribution in [0, 0.1) is 6.92 Å². The van der Waals surface area contributed by atoms with Gasteiger partial charge in [0.1, 0.15) is 5.69 Å². The quantitative estimate of drug-likeness (QED) is 0.877. The van der Waals surface area contributed by atoms with Gasteiger partial charge < -0.3 is 10.2 Å². The van der Waals surface area contributed by atoms with Gasteiger partial charge in [0.05, 0.1) is 5.69 Å². The zero-order valence-corrected chi connectivity index (χ0v) is 13.8. The van der Waals surface area contributed by atoms with Gasteiger partial charge in [-0.15, -0.1) is 0 Å². The Bertz CT molecular complexity index is 791. The predicted molar refractivity (Wildman–Crippen MR) is 91.6 cm³/mol. The van der Waals surface area contributed by atoms with Crippen molar-refractivity contribution in [3.05, 3.63) is 51.9 Å². The van der Waals surface area contributed by atoms with Crippen LogP contribution in [0.4, 0.5) is 0 Å². The van der Waals surface area contributed by atoms with Crippen molar-refractivity contribution in [2.75, 3.05) is 13.1 Å². The number of carbonyl (C=O) groups excluding carboxylic acids is 1. The molecule has 1 aromatic heterocycles. The Morgan fingerprint density at radius 3 is 2.67 bits per heavy atom. The molecule has 6 heteroatoms. The number of amides is 1. The van der Waals surface area contributed by atoms with E-state index in [1.807, 2.05) is 36.1 Å². The Kier molecular flexibility index (Phi) is 3.76. The zero-order valence-electron chi connectivity index (χ0n) is 13.8. The number of hydrogen-bond acceptors (Lipinski definition) is 3. The number of hydrogen-bond donors (Lipinski definition) is 2. The first-order valence-corrected chi connectivity index (χ1v) is 8.56. The Labute approximate surface area is 140 Å². The molecule has 4 rings (SSSR count). The van der Waals surface area contributed by atoms with Crippen molar-refractivity contribution in [1.29, 1.82) is 0 Å². The second-order valence-corrected chi connectivity index (χ2v) is 6.77. The van der Waals surface area contributed by atoms with Crippen molar-refractivity contribution >= 4 is 5.91 Å². The molecule has 3 heterocycles. The highest BCUT2D eigenvalue weighted by atomic mass is 16.2. The molecule has 0 aliphatic carbocycles. The van der Waals surface area contributed by atoms with Crippen LogP contribution in [0.1, 0.15) is 35.3 Å². The van der Waals surface area contributed by atoms with Gasteiger partial charge in [0.15, 0.2) is 0 Å². The molecule has 6 nitrogen and oxygen atoms in total. The van der Waals surface area contributed by atoms with Gasteiger partial charge in [0.2, 0.25) is 0 Å². The predicted octanol–water partition coefficient (Wildman–Crippen LogP) is 1.44. The van der Waals surface area contributed by atoms with E-state index in [1.165, 1.54) is 10.7 Å². The first-order chi connectivity index (χ1) is 11.6. The Balaban J connectivity index is 1.65. The second-order valence-electron chi connectivity index (χ2n) is 6.77. The number of aryl methyl sites for hydroxylation is 1. The zero-order chi connectivity index (χ0) is 16.7. The average Bonchev–Trinajstić information content (AvgIpc) is 3.06. The van der Waals surface area contributed by atoms with Crippen LogP contribution in [0.15, 0.2) is 35.1 Å². The van der Waals surface area contributed by atoms with Gasteiger partial charge in [-0.05, 0) is 44.9 Å². The molecule has 2 atom stereocenters. The molecular formula is C18H22N4O2. The van der Waals surface area contributed by atoms with Gasteiger partial charge in [0.25, 0.3) is 11.5 Å². The number of fused-ring (bicyclic) bond motifs is 2. The number of aromatic amines is 1. The van der Waals surface area contributed by atoms with Gasteiger partial charge in [-0.3, -0.25) is 14.7 Å². The molecule has 1 aromatic carbocycles. The van der Waals surface area contributed by atoms with E-state index in [-0.39, 0.29) is 23.6 Å². The normalized spacial score (nSPS) is 23.3. The third-order valence-electron chi connectivity index (χ3n) is 5.13. The lowest BCUT2D eigenvalue weighted by molar-refractivity contribution is 0.0673. The summed E-state index contributed by atoms with van der Waals surface area (Å²) in [4.78, 5) is 27.3. The minimum Gasteiger partial charge on any atom is -0.330 e. The summed E-state index contributed by atoms with van der Waals surface area (Å²) >= 11 is 0. The van der Waals surface area contributed by atoms with E-state index < -0.39 is 0 Å². The lowest BCUT2D eigenvalue weighted by atomic mass is 10.1. The SMILES string of the molecule is Cc1ccc(-n2[nH]c(C(=O)N3C4CCNCC3CC4)cc2=O)cc1. The van der Waals surface area contributed by atoms with Crippen molar-refractivity contribution in [3.63, 3.8) is 0 Å². The molecule has 2 N–H and O–H groups in total. The maximum atomic E-state index is 13.0. The number of nitrogens with zero attached hydrogens (tertiary/aromatic N) is 2. The fraction of sp³-hybridized carbons (Fsp3) is 0.444. The summed E-state index contributed by atoms with van der Waals surface area (Å²) in [6.45, 7) is 3.79.